The van der Waals surface area contributed by atoms with E-state index in [-0.39, 0.29) is 0 Å². The van der Waals surface area contributed by atoms with Crippen LogP contribution in [-0.4, -0.2) is 28.2 Å². The second-order valence-corrected chi connectivity index (χ2v) is 6.12. The second kappa shape index (κ2) is 6.17. The Balaban J connectivity index is 2.32. The predicted octanol–water partition coefficient (Wildman–Crippen LogP) is 3.32. The summed E-state index contributed by atoms with van der Waals surface area (Å²) in [6.45, 7) is 3.82. The van der Waals surface area contributed by atoms with E-state index in [1.54, 1.807) is 26.0 Å². The predicted molar refractivity (Wildman–Crippen MR) is 71.1 cm³/mol. The van der Waals surface area contributed by atoms with Gasteiger partial charge in [-0.05, 0) is 32.0 Å². The van der Waals surface area contributed by atoms with Crippen LogP contribution in [0.5, 0.6) is 5.75 Å². The third-order valence-electron chi connectivity index (χ3n) is 2.13. The number of carboxylic acid groups (broad SMARTS) is 1. The number of hydrogen-bond acceptors (Lipinski definition) is 3. The number of thioether (sulfide) groups is 1. The minimum Gasteiger partial charge on any atom is -0.493 e. The number of rotatable bonds is 6. The fourth-order valence-corrected chi connectivity index (χ4v) is 2.06. The first kappa shape index (κ1) is 14.2. The van der Waals surface area contributed by atoms with Crippen molar-refractivity contribution in [2.45, 2.75) is 18.6 Å². The summed E-state index contributed by atoms with van der Waals surface area (Å²) in [5, 5.41) is 9.54. The van der Waals surface area contributed by atoms with Gasteiger partial charge in [-0.15, -0.1) is 11.8 Å². The van der Waals surface area contributed by atoms with Crippen molar-refractivity contribution in [2.24, 2.45) is 0 Å². The molecular weight excluding hydrogens is 260 g/mol. The first-order valence-corrected chi connectivity index (χ1v) is 6.54. The van der Waals surface area contributed by atoms with Crippen LogP contribution >= 0.6 is 23.4 Å². The Bertz CT molecular complexity index is 393. The molecule has 1 rings (SSSR count). The normalized spacial score (nSPS) is 11.2. The van der Waals surface area contributed by atoms with E-state index >= 15 is 0 Å². The van der Waals surface area contributed by atoms with Gasteiger partial charge in [-0.25, -0.2) is 0 Å². The fraction of sp³-hybridized carbons (Fsp3) is 0.417. The van der Waals surface area contributed by atoms with Gasteiger partial charge in [0.05, 0.1) is 6.61 Å². The number of benzene rings is 1. The quantitative estimate of drug-likeness (QED) is 0.809. The molecule has 5 heteroatoms. The van der Waals surface area contributed by atoms with Gasteiger partial charge < -0.3 is 9.84 Å². The molecule has 94 valence electrons. The highest BCUT2D eigenvalue weighted by Gasteiger charge is 2.27. The van der Waals surface area contributed by atoms with Gasteiger partial charge in [0, 0.05) is 10.8 Å². The van der Waals surface area contributed by atoms with Crippen LogP contribution in [0, 0.1) is 0 Å². The maximum absolute atomic E-state index is 10.9. The van der Waals surface area contributed by atoms with Crippen LogP contribution in [0.4, 0.5) is 0 Å². The van der Waals surface area contributed by atoms with E-state index in [1.807, 2.05) is 12.1 Å². The van der Waals surface area contributed by atoms with E-state index in [0.29, 0.717) is 23.1 Å². The highest BCUT2D eigenvalue weighted by molar-refractivity contribution is 8.01. The van der Waals surface area contributed by atoms with Crippen LogP contribution in [0.2, 0.25) is 5.02 Å². The van der Waals surface area contributed by atoms with Crippen LogP contribution in [-0.2, 0) is 4.79 Å². The van der Waals surface area contributed by atoms with Gasteiger partial charge in [-0.3, -0.25) is 4.79 Å². The standard InChI is InChI=1S/C12H15ClO3S/c1-12(2,11(14)15)17-7-6-16-10-5-3-4-9(13)8-10/h3-5,8H,6-7H2,1-2H3,(H,14,15). The molecule has 3 nitrogen and oxygen atoms in total. The largest absolute Gasteiger partial charge is 0.493 e. The summed E-state index contributed by atoms with van der Waals surface area (Å²) in [5.74, 6) is 0.503. The summed E-state index contributed by atoms with van der Waals surface area (Å²) in [4.78, 5) is 10.9. The molecule has 1 aromatic rings. The van der Waals surface area contributed by atoms with Crippen LogP contribution in [0.15, 0.2) is 24.3 Å². The molecule has 0 radical (unpaired) electrons. The molecule has 0 amide bonds. The zero-order valence-electron chi connectivity index (χ0n) is 9.77. The molecule has 0 aromatic heterocycles. The molecule has 0 aliphatic carbocycles. The molecule has 0 aliphatic heterocycles. The lowest BCUT2D eigenvalue weighted by Gasteiger charge is -2.18. The highest BCUT2D eigenvalue weighted by Crippen LogP contribution is 2.24. The van der Waals surface area contributed by atoms with Gasteiger partial charge in [0.1, 0.15) is 10.5 Å². The Morgan fingerprint density at radius 2 is 2.24 bits per heavy atom. The second-order valence-electron chi connectivity index (χ2n) is 3.97. The Morgan fingerprint density at radius 1 is 1.53 bits per heavy atom. The first-order chi connectivity index (χ1) is 7.92. The molecule has 1 aromatic carbocycles. The summed E-state index contributed by atoms with van der Waals surface area (Å²) < 4.78 is 4.68. The topological polar surface area (TPSA) is 46.5 Å². The summed E-state index contributed by atoms with van der Waals surface area (Å²) in [5.41, 5.74) is 0. The van der Waals surface area contributed by atoms with Crippen molar-refractivity contribution in [3.8, 4) is 5.75 Å². The van der Waals surface area contributed by atoms with Gasteiger partial charge >= 0.3 is 5.97 Å². The summed E-state index contributed by atoms with van der Waals surface area (Å²) in [6.07, 6.45) is 0. The van der Waals surface area contributed by atoms with E-state index < -0.39 is 10.7 Å². The number of ether oxygens (including phenoxy) is 1. The van der Waals surface area contributed by atoms with Crippen molar-refractivity contribution in [3.05, 3.63) is 29.3 Å². The summed E-state index contributed by atoms with van der Waals surface area (Å²) in [6, 6.07) is 7.14. The van der Waals surface area contributed by atoms with E-state index in [9.17, 15) is 4.79 Å². The van der Waals surface area contributed by atoms with Gasteiger partial charge in [-0.2, -0.15) is 0 Å². The molecule has 0 fully saturated rings. The van der Waals surface area contributed by atoms with Crippen LogP contribution in [0.3, 0.4) is 0 Å². The Kier molecular flexibility index (Phi) is 5.15. The van der Waals surface area contributed by atoms with E-state index in [1.165, 1.54) is 11.8 Å². The monoisotopic (exact) mass is 274 g/mol. The SMILES string of the molecule is CC(C)(SCCOc1cccc(Cl)c1)C(=O)O. The van der Waals surface area contributed by atoms with Crippen molar-refractivity contribution in [2.75, 3.05) is 12.4 Å². The lowest BCUT2D eigenvalue weighted by atomic mass is 10.2. The van der Waals surface area contributed by atoms with Gasteiger partial charge in [0.15, 0.2) is 0 Å². The molecule has 0 spiro atoms. The molecule has 0 saturated carbocycles. The molecule has 0 saturated heterocycles. The number of hydrogen-bond donors (Lipinski definition) is 1. The van der Waals surface area contributed by atoms with Gasteiger partial charge in [-0.1, -0.05) is 17.7 Å². The average molecular weight is 275 g/mol. The van der Waals surface area contributed by atoms with Crippen LogP contribution in [0.1, 0.15) is 13.8 Å². The van der Waals surface area contributed by atoms with Crippen molar-refractivity contribution < 1.29 is 14.6 Å². The number of halogens is 1. The highest BCUT2D eigenvalue weighted by atomic mass is 35.5. The molecule has 0 unspecified atom stereocenters. The third-order valence-corrected chi connectivity index (χ3v) is 3.63. The Labute approximate surface area is 110 Å². The summed E-state index contributed by atoms with van der Waals surface area (Å²) in [7, 11) is 0. The average Bonchev–Trinajstić information content (AvgIpc) is 2.24. The molecule has 1 N–H and O–H groups in total. The number of aliphatic carboxylic acids is 1. The molecule has 17 heavy (non-hydrogen) atoms. The van der Waals surface area contributed by atoms with Gasteiger partial charge in [0.2, 0.25) is 0 Å². The maximum atomic E-state index is 10.9. The minimum atomic E-state index is -0.815. The molecule has 0 bridgehead atoms. The minimum absolute atomic E-state index is 0.460. The zero-order chi connectivity index (χ0) is 12.9. The van der Waals surface area contributed by atoms with E-state index in [4.69, 9.17) is 21.4 Å². The first-order valence-electron chi connectivity index (χ1n) is 5.17. The van der Waals surface area contributed by atoms with E-state index in [2.05, 4.69) is 0 Å². The van der Waals surface area contributed by atoms with Crippen molar-refractivity contribution in [1.29, 1.82) is 0 Å². The lowest BCUT2D eigenvalue weighted by Crippen LogP contribution is -2.28. The van der Waals surface area contributed by atoms with E-state index in [0.717, 1.165) is 0 Å². The molecule has 0 aliphatic rings. The smallest absolute Gasteiger partial charge is 0.319 e. The number of carboxylic acids is 1. The molecule has 0 heterocycles. The Morgan fingerprint density at radius 3 is 2.82 bits per heavy atom. The van der Waals surface area contributed by atoms with Crippen molar-refractivity contribution >= 4 is 29.3 Å². The number of carbonyl (C=O) groups is 1. The zero-order valence-corrected chi connectivity index (χ0v) is 11.3. The third kappa shape index (κ3) is 4.88. The lowest BCUT2D eigenvalue weighted by molar-refractivity contribution is -0.138. The van der Waals surface area contributed by atoms with Crippen LogP contribution < -0.4 is 4.74 Å². The fourth-order valence-electron chi connectivity index (χ4n) is 1.07. The molecule has 0 atom stereocenters. The van der Waals surface area contributed by atoms with Crippen molar-refractivity contribution in [1.82, 2.24) is 0 Å². The molecular formula is C12H15ClO3S. The Hall–Kier alpha value is -0.870. The maximum Gasteiger partial charge on any atom is 0.319 e. The summed E-state index contributed by atoms with van der Waals surface area (Å²) >= 11 is 7.16. The van der Waals surface area contributed by atoms with Gasteiger partial charge in [0.25, 0.3) is 0 Å². The van der Waals surface area contributed by atoms with Crippen molar-refractivity contribution in [3.63, 3.8) is 0 Å². The van der Waals surface area contributed by atoms with Crippen LogP contribution in [0.25, 0.3) is 0 Å².